The number of nitrogens with zero attached hydrogens (tertiary/aromatic N) is 3. The lowest BCUT2D eigenvalue weighted by atomic mass is 10.2. The van der Waals surface area contributed by atoms with Gasteiger partial charge in [-0.05, 0) is 47.5 Å². The van der Waals surface area contributed by atoms with Crippen LogP contribution in [0.1, 0.15) is 22.1 Å². The summed E-state index contributed by atoms with van der Waals surface area (Å²) in [6, 6.07) is 10.3. The number of para-hydroxylation sites is 2. The van der Waals surface area contributed by atoms with Crippen molar-refractivity contribution in [1.29, 1.82) is 0 Å². The first-order valence-electron chi connectivity index (χ1n) is 7.30. The zero-order valence-corrected chi connectivity index (χ0v) is 14.5. The van der Waals surface area contributed by atoms with Crippen molar-refractivity contribution in [3.8, 4) is 0 Å². The van der Waals surface area contributed by atoms with Crippen LogP contribution in [0.3, 0.4) is 0 Å². The molecule has 0 aliphatic carbocycles. The number of imidazole rings is 1. The summed E-state index contributed by atoms with van der Waals surface area (Å²) < 4.78 is 2.14. The third-order valence-corrected chi connectivity index (χ3v) is 5.43. The van der Waals surface area contributed by atoms with Crippen LogP contribution in [-0.4, -0.2) is 14.5 Å². The van der Waals surface area contributed by atoms with Crippen molar-refractivity contribution < 1.29 is 0 Å². The summed E-state index contributed by atoms with van der Waals surface area (Å²) in [4.78, 5) is 9.52. The number of hydrogen-bond donors (Lipinski definition) is 0. The summed E-state index contributed by atoms with van der Waals surface area (Å²) >= 11 is 3.36. The van der Waals surface area contributed by atoms with Crippen LogP contribution in [0.5, 0.6) is 0 Å². The zero-order valence-electron chi connectivity index (χ0n) is 12.9. The fourth-order valence-corrected chi connectivity index (χ4v) is 4.04. The Morgan fingerprint density at radius 2 is 2.00 bits per heavy atom. The monoisotopic (exact) mass is 337 g/mol. The molecule has 0 amide bonds. The molecule has 0 saturated heterocycles. The number of thiophene rings is 1. The van der Waals surface area contributed by atoms with E-state index in [0.717, 1.165) is 33.1 Å². The number of aryl methyl sites for hydroxylation is 2. The van der Waals surface area contributed by atoms with E-state index >= 15 is 0 Å². The van der Waals surface area contributed by atoms with Crippen LogP contribution in [0.2, 0.25) is 0 Å². The molecule has 0 fully saturated rings. The zero-order chi connectivity index (χ0) is 15.8. The second kappa shape index (κ2) is 5.76. The van der Waals surface area contributed by atoms with Gasteiger partial charge in [0.05, 0.1) is 16.6 Å². The third kappa shape index (κ3) is 2.62. The molecule has 0 unspecified atom stereocenters. The van der Waals surface area contributed by atoms with E-state index in [0.29, 0.717) is 0 Å². The molecule has 5 heteroatoms. The van der Waals surface area contributed by atoms with Crippen molar-refractivity contribution in [1.82, 2.24) is 14.5 Å². The molecule has 0 bridgehead atoms. The van der Waals surface area contributed by atoms with Crippen LogP contribution in [-0.2, 0) is 7.05 Å². The average Bonchev–Trinajstić information content (AvgIpc) is 3.27. The molecule has 4 rings (SSSR count). The van der Waals surface area contributed by atoms with Gasteiger partial charge in [0, 0.05) is 18.1 Å². The number of benzene rings is 1. The molecule has 0 saturated carbocycles. The Bertz CT molecular complexity index is 991. The molecule has 0 aliphatic rings. The number of fused-ring (bicyclic) bond motifs is 1. The first-order chi connectivity index (χ1) is 11.2. The molecule has 3 aromatic heterocycles. The Balaban J connectivity index is 1.95. The molecule has 4 aromatic rings. The molecule has 1 aromatic carbocycles. The highest BCUT2D eigenvalue weighted by Crippen LogP contribution is 2.30. The summed E-state index contributed by atoms with van der Waals surface area (Å²) in [5, 5.41) is 7.32. The van der Waals surface area contributed by atoms with Crippen molar-refractivity contribution in [2.75, 3.05) is 0 Å². The van der Waals surface area contributed by atoms with E-state index in [2.05, 4.69) is 50.9 Å². The molecule has 3 nitrogen and oxygen atoms in total. The maximum absolute atomic E-state index is 4.84. The molecular weight excluding hydrogens is 322 g/mol. The maximum atomic E-state index is 4.84. The van der Waals surface area contributed by atoms with Crippen LogP contribution in [0.25, 0.3) is 22.7 Å². The van der Waals surface area contributed by atoms with Crippen LogP contribution in [0, 0.1) is 6.92 Å². The Morgan fingerprint density at radius 3 is 2.70 bits per heavy atom. The van der Waals surface area contributed by atoms with Gasteiger partial charge in [-0.15, -0.1) is 11.3 Å². The second-order valence-electron chi connectivity index (χ2n) is 5.39. The van der Waals surface area contributed by atoms with Gasteiger partial charge in [0.2, 0.25) is 0 Å². The van der Waals surface area contributed by atoms with Crippen molar-refractivity contribution in [2.45, 2.75) is 6.92 Å². The minimum atomic E-state index is 0.951. The van der Waals surface area contributed by atoms with E-state index in [1.54, 1.807) is 22.7 Å². The van der Waals surface area contributed by atoms with Crippen molar-refractivity contribution in [2.24, 2.45) is 7.05 Å². The summed E-state index contributed by atoms with van der Waals surface area (Å²) in [6.07, 6.45) is 2.18. The highest BCUT2D eigenvalue weighted by molar-refractivity contribution is 7.11. The van der Waals surface area contributed by atoms with E-state index in [1.165, 1.54) is 5.56 Å². The van der Waals surface area contributed by atoms with Gasteiger partial charge in [0.1, 0.15) is 10.8 Å². The Labute approximate surface area is 142 Å². The van der Waals surface area contributed by atoms with Gasteiger partial charge in [-0.2, -0.15) is 11.3 Å². The molecule has 0 spiro atoms. The van der Waals surface area contributed by atoms with E-state index in [4.69, 9.17) is 4.98 Å². The molecule has 0 radical (unpaired) electrons. The van der Waals surface area contributed by atoms with Gasteiger partial charge in [0.25, 0.3) is 0 Å². The van der Waals surface area contributed by atoms with Crippen molar-refractivity contribution >= 4 is 45.4 Å². The van der Waals surface area contributed by atoms with Gasteiger partial charge in [-0.1, -0.05) is 12.1 Å². The maximum Gasteiger partial charge on any atom is 0.143 e. The number of aromatic nitrogens is 3. The van der Waals surface area contributed by atoms with E-state index in [1.807, 2.05) is 25.1 Å². The Kier molecular flexibility index (Phi) is 3.59. The summed E-state index contributed by atoms with van der Waals surface area (Å²) in [5.74, 6) is 0.951. The van der Waals surface area contributed by atoms with Crippen LogP contribution >= 0.6 is 22.7 Å². The molecule has 0 aliphatic heterocycles. The first kappa shape index (κ1) is 14.4. The number of hydrogen-bond acceptors (Lipinski definition) is 4. The van der Waals surface area contributed by atoms with Crippen molar-refractivity contribution in [3.05, 3.63) is 68.6 Å². The van der Waals surface area contributed by atoms with Gasteiger partial charge in [0.15, 0.2) is 0 Å². The molecular formula is C18H15N3S2. The largest absolute Gasteiger partial charge is 0.327 e. The summed E-state index contributed by atoms with van der Waals surface area (Å²) in [7, 11) is 2.06. The van der Waals surface area contributed by atoms with Crippen LogP contribution in [0.15, 0.2) is 46.5 Å². The molecule has 3 heterocycles. The van der Waals surface area contributed by atoms with Crippen molar-refractivity contribution in [3.63, 3.8) is 0 Å². The average molecular weight is 337 g/mol. The normalized spacial score (nSPS) is 12.2. The smallest absolute Gasteiger partial charge is 0.143 e. The predicted octanol–water partition coefficient (Wildman–Crippen LogP) is 4.99. The van der Waals surface area contributed by atoms with Gasteiger partial charge in [-0.25, -0.2) is 9.97 Å². The SMILES string of the molecule is Cc1csc(/C(=C/c2ccsc2)c2nc3ccccc3n2C)n1. The Morgan fingerprint density at radius 1 is 1.13 bits per heavy atom. The number of thiazole rings is 1. The van der Waals surface area contributed by atoms with Gasteiger partial charge < -0.3 is 4.57 Å². The number of rotatable bonds is 3. The molecule has 0 N–H and O–H groups in total. The summed E-state index contributed by atoms with van der Waals surface area (Å²) in [5.41, 5.74) is 5.44. The third-order valence-electron chi connectivity index (χ3n) is 3.73. The van der Waals surface area contributed by atoms with Gasteiger partial charge >= 0.3 is 0 Å². The topological polar surface area (TPSA) is 30.7 Å². The lowest BCUT2D eigenvalue weighted by Gasteiger charge is -2.05. The molecule has 23 heavy (non-hydrogen) atoms. The van der Waals surface area contributed by atoms with Crippen LogP contribution < -0.4 is 0 Å². The highest BCUT2D eigenvalue weighted by Gasteiger charge is 2.16. The first-order valence-corrected chi connectivity index (χ1v) is 9.13. The summed E-state index contributed by atoms with van der Waals surface area (Å²) in [6.45, 7) is 2.02. The van der Waals surface area contributed by atoms with Crippen LogP contribution in [0.4, 0.5) is 0 Å². The quantitative estimate of drug-likeness (QED) is 0.527. The Hall–Kier alpha value is -2.24. The lowest BCUT2D eigenvalue weighted by molar-refractivity contribution is 0.922. The van der Waals surface area contributed by atoms with E-state index < -0.39 is 0 Å². The molecule has 114 valence electrons. The van der Waals surface area contributed by atoms with Gasteiger partial charge in [-0.3, -0.25) is 0 Å². The lowest BCUT2D eigenvalue weighted by Crippen LogP contribution is -1.98. The van der Waals surface area contributed by atoms with E-state index in [-0.39, 0.29) is 0 Å². The highest BCUT2D eigenvalue weighted by atomic mass is 32.1. The second-order valence-corrected chi connectivity index (χ2v) is 7.03. The standard InChI is InChI=1S/C18H15N3S2/c1-12-10-23-18(19-12)14(9-13-7-8-22-11-13)17-20-15-5-3-4-6-16(15)21(17)2/h3-11H,1-2H3/b14-9+. The predicted molar refractivity (Wildman–Crippen MR) is 98.9 cm³/mol. The minimum absolute atomic E-state index is 0.951. The minimum Gasteiger partial charge on any atom is -0.327 e. The fourth-order valence-electron chi connectivity index (χ4n) is 2.61. The fraction of sp³-hybridized carbons (Fsp3) is 0.111. The van der Waals surface area contributed by atoms with E-state index in [9.17, 15) is 0 Å². The molecule has 0 atom stereocenters.